The molecule has 0 aliphatic carbocycles. The molecule has 240 valence electrons. The number of piperidine rings is 1. The van der Waals surface area contributed by atoms with E-state index in [1.165, 1.54) is 21.9 Å². The van der Waals surface area contributed by atoms with E-state index in [0.717, 1.165) is 74.9 Å². The molecule has 11 heteroatoms. The van der Waals surface area contributed by atoms with E-state index in [0.29, 0.717) is 34.4 Å². The van der Waals surface area contributed by atoms with Crippen molar-refractivity contribution in [2.45, 2.75) is 83.3 Å². The lowest BCUT2D eigenvalue weighted by atomic mass is 9.89. The SMILES string of the molecule is CCCN1[C@H](CCSC(=N)N)CCC[C@H]1c1ccc(-n2cc3cc(-c4cc(CCC[C@H](C)N)cc(Cl)c4F)[nH]c3nc2=O)cc1. The lowest BCUT2D eigenvalue weighted by Crippen LogP contribution is -2.42. The number of benzene rings is 2. The lowest BCUT2D eigenvalue weighted by molar-refractivity contribution is 0.0805. The first kappa shape index (κ1) is 33.2. The molecule has 2 aromatic heterocycles. The van der Waals surface area contributed by atoms with Gasteiger partial charge in [-0.25, -0.2) is 9.18 Å². The number of nitrogens with two attached hydrogens (primary N) is 2. The van der Waals surface area contributed by atoms with Gasteiger partial charge in [-0.1, -0.05) is 42.4 Å². The van der Waals surface area contributed by atoms with Gasteiger partial charge < -0.3 is 16.5 Å². The molecule has 1 fully saturated rings. The number of likely N-dealkylation sites (tertiary alicyclic amines) is 1. The zero-order valence-corrected chi connectivity index (χ0v) is 27.6. The summed E-state index contributed by atoms with van der Waals surface area (Å²) in [6.45, 7) is 5.19. The zero-order chi connectivity index (χ0) is 32.1. The van der Waals surface area contributed by atoms with Gasteiger partial charge in [0.1, 0.15) is 5.65 Å². The molecular weight excluding hydrogens is 609 g/mol. The van der Waals surface area contributed by atoms with Gasteiger partial charge in [-0.05, 0) is 106 Å². The van der Waals surface area contributed by atoms with Crippen LogP contribution in [-0.2, 0) is 6.42 Å². The highest BCUT2D eigenvalue weighted by Gasteiger charge is 2.30. The minimum absolute atomic E-state index is 0.0614. The fourth-order valence-corrected chi connectivity index (χ4v) is 7.35. The van der Waals surface area contributed by atoms with Crippen LogP contribution in [0.5, 0.6) is 0 Å². The summed E-state index contributed by atoms with van der Waals surface area (Å²) in [6.07, 6.45) is 9.70. The molecule has 3 atom stereocenters. The van der Waals surface area contributed by atoms with E-state index in [9.17, 15) is 4.79 Å². The van der Waals surface area contributed by atoms with Crippen LogP contribution in [-0.4, -0.2) is 49.0 Å². The fourth-order valence-electron chi connectivity index (χ4n) is 6.50. The van der Waals surface area contributed by atoms with E-state index in [1.807, 2.05) is 25.1 Å². The number of H-pyrrole nitrogens is 1. The molecule has 0 amide bonds. The predicted octanol–water partition coefficient (Wildman–Crippen LogP) is 7.17. The number of aromatic nitrogens is 3. The molecule has 4 aromatic rings. The number of hydrogen-bond acceptors (Lipinski definition) is 6. The van der Waals surface area contributed by atoms with Gasteiger partial charge in [0.2, 0.25) is 0 Å². The third-order valence-electron chi connectivity index (χ3n) is 8.64. The van der Waals surface area contributed by atoms with Gasteiger partial charge in [0.15, 0.2) is 11.0 Å². The number of aryl methyl sites for hydroxylation is 1. The van der Waals surface area contributed by atoms with Crippen LogP contribution < -0.4 is 17.2 Å². The van der Waals surface area contributed by atoms with E-state index < -0.39 is 11.5 Å². The van der Waals surface area contributed by atoms with E-state index in [2.05, 4.69) is 33.9 Å². The number of nitrogens with one attached hydrogen (secondary N) is 2. The number of nitrogens with zero attached hydrogens (tertiary/aromatic N) is 3. The second-order valence-electron chi connectivity index (χ2n) is 12.1. The molecule has 0 saturated carbocycles. The molecular formula is C34H43ClFN7OS. The standard InChI is InChI=1S/C34H43ClFN7OS/c1-3-15-42-25(14-16-45-33(38)39)8-5-9-30(42)23-10-12-26(13-11-23)43-20-24-19-29(40-32(24)41-34(43)44)27-17-22(7-4-6-21(2)37)18-28(35)31(27)36/h10-13,17-21,25,30H,3-9,14-16,37H2,1-2H3,(H3,38,39)(H,40,41,44)/t21-,25-,30-/m0/s1. The van der Waals surface area contributed by atoms with Crippen LogP contribution in [0.4, 0.5) is 4.39 Å². The molecule has 8 nitrogen and oxygen atoms in total. The fraction of sp³-hybridized carbons (Fsp3) is 0.441. The van der Waals surface area contributed by atoms with Gasteiger partial charge >= 0.3 is 5.69 Å². The Kier molecular flexibility index (Phi) is 11.0. The molecule has 1 aliphatic heterocycles. The number of rotatable bonds is 12. The molecule has 0 unspecified atom stereocenters. The molecule has 5 rings (SSSR count). The molecule has 0 spiro atoms. The Hall–Kier alpha value is -3.18. The highest BCUT2D eigenvalue weighted by atomic mass is 35.5. The van der Waals surface area contributed by atoms with Crippen molar-refractivity contribution < 1.29 is 4.39 Å². The van der Waals surface area contributed by atoms with Crippen LogP contribution in [0, 0.1) is 11.2 Å². The van der Waals surface area contributed by atoms with Crippen LogP contribution in [0.2, 0.25) is 5.02 Å². The van der Waals surface area contributed by atoms with Gasteiger partial charge in [-0.3, -0.25) is 14.9 Å². The number of hydrogen-bond donors (Lipinski definition) is 4. The topological polar surface area (TPSA) is 130 Å². The normalized spacial score (nSPS) is 18.0. The van der Waals surface area contributed by atoms with Crippen molar-refractivity contribution in [2.75, 3.05) is 12.3 Å². The predicted molar refractivity (Wildman–Crippen MR) is 185 cm³/mol. The molecule has 0 radical (unpaired) electrons. The minimum Gasteiger partial charge on any atom is -0.379 e. The Morgan fingerprint density at radius 1 is 1.24 bits per heavy atom. The third kappa shape index (κ3) is 7.98. The summed E-state index contributed by atoms with van der Waals surface area (Å²) in [4.78, 5) is 23.2. The molecule has 0 bridgehead atoms. The zero-order valence-electron chi connectivity index (χ0n) is 26.0. The minimum atomic E-state index is -0.510. The Morgan fingerprint density at radius 3 is 2.73 bits per heavy atom. The Bertz CT molecular complexity index is 1690. The summed E-state index contributed by atoms with van der Waals surface area (Å²) in [5, 5.41) is 8.47. The van der Waals surface area contributed by atoms with Crippen molar-refractivity contribution in [3.05, 3.63) is 81.1 Å². The average Bonchev–Trinajstić information content (AvgIpc) is 3.41. The molecule has 1 saturated heterocycles. The molecule has 6 N–H and O–H groups in total. The van der Waals surface area contributed by atoms with Crippen LogP contribution in [0.15, 0.2) is 53.5 Å². The number of aromatic amines is 1. The van der Waals surface area contributed by atoms with Crippen LogP contribution in [0.3, 0.4) is 0 Å². The molecule has 3 heterocycles. The van der Waals surface area contributed by atoms with Crippen molar-refractivity contribution in [1.82, 2.24) is 19.4 Å². The molecule has 2 aromatic carbocycles. The van der Waals surface area contributed by atoms with Gasteiger partial charge in [-0.2, -0.15) is 4.98 Å². The van der Waals surface area contributed by atoms with Gasteiger partial charge in [0.25, 0.3) is 0 Å². The highest BCUT2D eigenvalue weighted by Crippen LogP contribution is 2.37. The quantitative estimate of drug-likeness (QED) is 0.0950. The first-order valence-corrected chi connectivity index (χ1v) is 17.2. The van der Waals surface area contributed by atoms with Crippen LogP contribution in [0.25, 0.3) is 28.0 Å². The van der Waals surface area contributed by atoms with Crippen LogP contribution >= 0.6 is 23.4 Å². The monoisotopic (exact) mass is 651 g/mol. The van der Waals surface area contributed by atoms with Crippen molar-refractivity contribution >= 4 is 39.6 Å². The molecule has 1 aliphatic rings. The summed E-state index contributed by atoms with van der Waals surface area (Å²) in [7, 11) is 0. The Labute approximate surface area is 273 Å². The van der Waals surface area contributed by atoms with Gasteiger partial charge in [0, 0.05) is 41.0 Å². The van der Waals surface area contributed by atoms with E-state index in [4.69, 9.17) is 28.5 Å². The summed E-state index contributed by atoms with van der Waals surface area (Å²) in [5.74, 6) is 0.342. The van der Waals surface area contributed by atoms with E-state index in [-0.39, 0.29) is 16.2 Å². The maximum atomic E-state index is 15.2. The van der Waals surface area contributed by atoms with Crippen molar-refractivity contribution in [3.63, 3.8) is 0 Å². The van der Waals surface area contributed by atoms with E-state index in [1.54, 1.807) is 18.3 Å². The second-order valence-corrected chi connectivity index (χ2v) is 13.7. The number of halogens is 2. The molecule has 45 heavy (non-hydrogen) atoms. The largest absolute Gasteiger partial charge is 0.379 e. The number of amidine groups is 1. The Morgan fingerprint density at radius 2 is 2.02 bits per heavy atom. The van der Waals surface area contributed by atoms with Crippen molar-refractivity contribution in [1.29, 1.82) is 5.41 Å². The van der Waals surface area contributed by atoms with Crippen molar-refractivity contribution in [2.24, 2.45) is 11.5 Å². The van der Waals surface area contributed by atoms with Crippen LogP contribution in [0.1, 0.15) is 76.0 Å². The number of fused-ring (bicyclic) bond motifs is 1. The third-order valence-corrected chi connectivity index (χ3v) is 9.67. The Balaban J connectivity index is 1.38. The highest BCUT2D eigenvalue weighted by molar-refractivity contribution is 8.13. The summed E-state index contributed by atoms with van der Waals surface area (Å²) >= 11 is 7.69. The maximum absolute atomic E-state index is 15.2. The first-order chi connectivity index (χ1) is 21.6. The average molecular weight is 652 g/mol. The maximum Gasteiger partial charge on any atom is 0.354 e. The number of thioether (sulfide) groups is 1. The summed E-state index contributed by atoms with van der Waals surface area (Å²) in [5.41, 5.74) is 15.2. The summed E-state index contributed by atoms with van der Waals surface area (Å²) < 4.78 is 16.7. The second kappa shape index (κ2) is 14.9. The first-order valence-electron chi connectivity index (χ1n) is 15.8. The smallest absolute Gasteiger partial charge is 0.354 e. The van der Waals surface area contributed by atoms with Gasteiger partial charge in [0.05, 0.1) is 16.4 Å². The van der Waals surface area contributed by atoms with Crippen molar-refractivity contribution in [3.8, 4) is 16.9 Å². The van der Waals surface area contributed by atoms with E-state index >= 15 is 4.39 Å². The van der Waals surface area contributed by atoms with Gasteiger partial charge in [-0.15, -0.1) is 0 Å². The lowest BCUT2D eigenvalue weighted by Gasteiger charge is -2.42. The summed E-state index contributed by atoms with van der Waals surface area (Å²) in [6, 6.07) is 14.3.